The van der Waals surface area contributed by atoms with E-state index in [4.69, 9.17) is 0 Å². The number of amides is 1. The highest BCUT2D eigenvalue weighted by Gasteiger charge is 2.16. The van der Waals surface area contributed by atoms with Gasteiger partial charge in [-0.3, -0.25) is 9.48 Å². The maximum absolute atomic E-state index is 12.2. The molecule has 0 saturated heterocycles. The third kappa shape index (κ3) is 6.68. The molecule has 1 unspecified atom stereocenters. The molecular weight excluding hydrogens is 252 g/mol. The van der Waals surface area contributed by atoms with Gasteiger partial charge in [0.05, 0.1) is 6.54 Å². The van der Waals surface area contributed by atoms with E-state index in [0.29, 0.717) is 13.1 Å². The Labute approximate surface area is 122 Å². The van der Waals surface area contributed by atoms with Gasteiger partial charge in [-0.25, -0.2) is 4.98 Å². The predicted molar refractivity (Wildman–Crippen MR) is 80.2 cm³/mol. The fourth-order valence-electron chi connectivity index (χ4n) is 2.36. The highest BCUT2D eigenvalue weighted by Crippen LogP contribution is 2.16. The molecule has 1 aromatic rings. The lowest BCUT2D eigenvalue weighted by Gasteiger charge is -2.16. The molecule has 0 saturated carbocycles. The van der Waals surface area contributed by atoms with E-state index in [1.54, 1.807) is 11.0 Å². The maximum Gasteiger partial charge on any atom is 0.223 e. The Hall–Kier alpha value is -1.39. The zero-order chi connectivity index (χ0) is 14.6. The fraction of sp³-hybridized carbons (Fsp3) is 0.800. The van der Waals surface area contributed by atoms with E-state index in [-0.39, 0.29) is 11.8 Å². The topological polar surface area (TPSA) is 59.8 Å². The highest BCUT2D eigenvalue weighted by atomic mass is 16.1. The zero-order valence-corrected chi connectivity index (χ0v) is 12.8. The van der Waals surface area contributed by atoms with Crippen LogP contribution in [0.1, 0.15) is 58.8 Å². The first-order chi connectivity index (χ1) is 9.77. The summed E-state index contributed by atoms with van der Waals surface area (Å²) in [6.45, 7) is 5.65. The second-order valence-electron chi connectivity index (χ2n) is 5.28. The molecule has 0 spiro atoms. The molecule has 0 aliphatic rings. The number of unbranched alkanes of at least 4 members (excludes halogenated alkanes) is 3. The van der Waals surface area contributed by atoms with E-state index in [9.17, 15) is 4.79 Å². The summed E-state index contributed by atoms with van der Waals surface area (Å²) < 4.78 is 1.73. The van der Waals surface area contributed by atoms with Crippen molar-refractivity contribution in [1.82, 2.24) is 20.1 Å². The summed E-state index contributed by atoms with van der Waals surface area (Å²) in [5.74, 6) is 0.371. The van der Waals surface area contributed by atoms with Crippen LogP contribution in [0.2, 0.25) is 0 Å². The first kappa shape index (κ1) is 16.7. The number of hydrogen-bond donors (Lipinski definition) is 1. The molecule has 1 aromatic heterocycles. The van der Waals surface area contributed by atoms with E-state index in [0.717, 1.165) is 25.7 Å². The van der Waals surface area contributed by atoms with Crippen molar-refractivity contribution in [2.45, 2.75) is 65.3 Å². The van der Waals surface area contributed by atoms with Crippen LogP contribution in [0.25, 0.3) is 0 Å². The van der Waals surface area contributed by atoms with Gasteiger partial charge in [0.2, 0.25) is 5.91 Å². The lowest BCUT2D eigenvalue weighted by molar-refractivity contribution is -0.125. The van der Waals surface area contributed by atoms with E-state index >= 15 is 0 Å². The summed E-state index contributed by atoms with van der Waals surface area (Å²) in [5.41, 5.74) is 0. The average molecular weight is 280 g/mol. The molecule has 0 aliphatic heterocycles. The molecule has 0 bridgehead atoms. The van der Waals surface area contributed by atoms with Gasteiger partial charge in [0.15, 0.2) is 0 Å². The molecule has 5 heteroatoms. The summed E-state index contributed by atoms with van der Waals surface area (Å²) in [6, 6.07) is 0. The Balaban J connectivity index is 2.23. The first-order valence-corrected chi connectivity index (χ1v) is 7.88. The monoisotopic (exact) mass is 280 g/mol. The Bertz CT molecular complexity index is 351. The van der Waals surface area contributed by atoms with Crippen molar-refractivity contribution in [1.29, 1.82) is 0 Å². The molecule has 0 aromatic carbocycles. The van der Waals surface area contributed by atoms with E-state index in [2.05, 4.69) is 29.2 Å². The minimum absolute atomic E-state index is 0.174. The van der Waals surface area contributed by atoms with Crippen molar-refractivity contribution in [3.63, 3.8) is 0 Å². The predicted octanol–water partition coefficient (Wildman–Crippen LogP) is 2.78. The smallest absolute Gasteiger partial charge is 0.223 e. The molecule has 20 heavy (non-hydrogen) atoms. The third-order valence-corrected chi connectivity index (χ3v) is 3.52. The number of aromatic nitrogens is 3. The number of hydrogen-bond acceptors (Lipinski definition) is 3. The molecule has 1 amide bonds. The van der Waals surface area contributed by atoms with Crippen LogP contribution < -0.4 is 5.32 Å². The van der Waals surface area contributed by atoms with Crippen molar-refractivity contribution >= 4 is 5.91 Å². The number of rotatable bonds is 11. The number of nitrogens with one attached hydrogen (secondary N) is 1. The zero-order valence-electron chi connectivity index (χ0n) is 12.8. The largest absolute Gasteiger partial charge is 0.354 e. The third-order valence-electron chi connectivity index (χ3n) is 3.52. The molecule has 0 aliphatic carbocycles. The maximum atomic E-state index is 12.2. The van der Waals surface area contributed by atoms with Crippen LogP contribution in [0.3, 0.4) is 0 Å². The van der Waals surface area contributed by atoms with Gasteiger partial charge >= 0.3 is 0 Å². The molecular formula is C15H28N4O. The second kappa shape index (κ2) is 10.4. The average Bonchev–Trinajstić information content (AvgIpc) is 2.95. The Morgan fingerprint density at radius 3 is 2.70 bits per heavy atom. The lowest BCUT2D eigenvalue weighted by Crippen LogP contribution is -2.33. The number of nitrogens with zero attached hydrogens (tertiary/aromatic N) is 3. The normalized spacial score (nSPS) is 12.3. The molecule has 114 valence electrons. The van der Waals surface area contributed by atoms with E-state index in [1.807, 2.05) is 0 Å². The Morgan fingerprint density at radius 2 is 2.05 bits per heavy atom. The van der Waals surface area contributed by atoms with Gasteiger partial charge in [-0.1, -0.05) is 46.0 Å². The second-order valence-corrected chi connectivity index (χ2v) is 5.28. The fourth-order valence-corrected chi connectivity index (χ4v) is 2.36. The molecule has 1 N–H and O–H groups in total. The minimum Gasteiger partial charge on any atom is -0.354 e. The Morgan fingerprint density at radius 1 is 1.20 bits per heavy atom. The summed E-state index contributed by atoms with van der Waals surface area (Å²) in [4.78, 5) is 16.1. The summed E-state index contributed by atoms with van der Waals surface area (Å²) in [6.07, 6.45) is 11.2. The standard InChI is InChI=1S/C15H28N4O/c1-3-5-6-7-9-14(8-4-2)15(20)17-10-11-19-13-16-12-18-19/h12-14H,3-11H2,1-2H3,(H,17,20). The van der Waals surface area contributed by atoms with Crippen LogP contribution in [0.15, 0.2) is 12.7 Å². The van der Waals surface area contributed by atoms with Gasteiger partial charge in [-0.2, -0.15) is 5.10 Å². The summed E-state index contributed by atoms with van der Waals surface area (Å²) in [7, 11) is 0. The SMILES string of the molecule is CCCCCCC(CCC)C(=O)NCCn1cncn1. The summed E-state index contributed by atoms with van der Waals surface area (Å²) in [5, 5.41) is 7.04. The van der Waals surface area contributed by atoms with Gasteiger partial charge in [0, 0.05) is 12.5 Å². The first-order valence-electron chi connectivity index (χ1n) is 7.88. The molecule has 1 heterocycles. The van der Waals surface area contributed by atoms with Crippen LogP contribution >= 0.6 is 0 Å². The van der Waals surface area contributed by atoms with Crippen molar-refractivity contribution < 1.29 is 4.79 Å². The van der Waals surface area contributed by atoms with Crippen molar-refractivity contribution in [2.24, 2.45) is 5.92 Å². The summed E-state index contributed by atoms with van der Waals surface area (Å²) >= 11 is 0. The quantitative estimate of drug-likeness (QED) is 0.634. The van der Waals surface area contributed by atoms with E-state index in [1.165, 1.54) is 25.6 Å². The van der Waals surface area contributed by atoms with Gasteiger partial charge in [0.25, 0.3) is 0 Å². The van der Waals surface area contributed by atoms with Gasteiger partial charge < -0.3 is 5.32 Å². The van der Waals surface area contributed by atoms with Crippen molar-refractivity contribution in [2.75, 3.05) is 6.54 Å². The molecule has 0 radical (unpaired) electrons. The number of carbonyl (C=O) groups is 1. The van der Waals surface area contributed by atoms with Gasteiger partial charge in [-0.15, -0.1) is 0 Å². The molecule has 5 nitrogen and oxygen atoms in total. The van der Waals surface area contributed by atoms with Crippen LogP contribution in [-0.2, 0) is 11.3 Å². The van der Waals surface area contributed by atoms with Gasteiger partial charge in [0.1, 0.15) is 12.7 Å². The van der Waals surface area contributed by atoms with Gasteiger partial charge in [-0.05, 0) is 12.8 Å². The highest BCUT2D eigenvalue weighted by molar-refractivity contribution is 5.78. The molecule has 0 fully saturated rings. The van der Waals surface area contributed by atoms with Crippen molar-refractivity contribution in [3.05, 3.63) is 12.7 Å². The van der Waals surface area contributed by atoms with Crippen LogP contribution in [0, 0.1) is 5.92 Å². The van der Waals surface area contributed by atoms with Crippen LogP contribution in [-0.4, -0.2) is 27.2 Å². The van der Waals surface area contributed by atoms with Crippen LogP contribution in [0.5, 0.6) is 0 Å². The number of carbonyl (C=O) groups excluding carboxylic acids is 1. The van der Waals surface area contributed by atoms with Crippen molar-refractivity contribution in [3.8, 4) is 0 Å². The minimum atomic E-state index is 0.174. The van der Waals surface area contributed by atoms with Crippen LogP contribution in [0.4, 0.5) is 0 Å². The molecule has 1 atom stereocenters. The Kier molecular flexibility index (Phi) is 8.67. The lowest BCUT2D eigenvalue weighted by atomic mass is 9.95. The van der Waals surface area contributed by atoms with E-state index < -0.39 is 0 Å². The molecule has 1 rings (SSSR count).